The van der Waals surface area contributed by atoms with Crippen LogP contribution in [-0.4, -0.2) is 37.1 Å². The van der Waals surface area contributed by atoms with Crippen LogP contribution >= 0.6 is 15.9 Å². The minimum atomic E-state index is 0.108. The molecule has 0 aliphatic carbocycles. The van der Waals surface area contributed by atoms with Gasteiger partial charge in [-0.25, -0.2) is 0 Å². The van der Waals surface area contributed by atoms with Crippen LogP contribution in [0.25, 0.3) is 0 Å². The van der Waals surface area contributed by atoms with Crippen molar-refractivity contribution in [3.05, 3.63) is 34.3 Å². The van der Waals surface area contributed by atoms with Crippen molar-refractivity contribution in [1.82, 2.24) is 4.90 Å². The highest BCUT2D eigenvalue weighted by atomic mass is 79.9. The molecule has 1 aromatic rings. The van der Waals surface area contributed by atoms with E-state index >= 15 is 0 Å². The van der Waals surface area contributed by atoms with Crippen LogP contribution < -0.4 is 0 Å². The molecule has 0 N–H and O–H groups in total. The molecule has 3 nitrogen and oxygen atoms in total. The number of halogens is 1. The molecule has 1 aliphatic heterocycles. The zero-order chi connectivity index (χ0) is 12.3. The van der Waals surface area contributed by atoms with Crippen LogP contribution in [0.1, 0.15) is 23.2 Å². The quantitative estimate of drug-likeness (QED) is 0.858. The summed E-state index contributed by atoms with van der Waals surface area (Å²) in [5.41, 5.74) is 0.746. The fourth-order valence-corrected chi connectivity index (χ4v) is 2.49. The van der Waals surface area contributed by atoms with Crippen molar-refractivity contribution in [3.8, 4) is 0 Å². The lowest BCUT2D eigenvalue weighted by Crippen LogP contribution is -2.38. The van der Waals surface area contributed by atoms with E-state index in [1.165, 1.54) is 0 Å². The van der Waals surface area contributed by atoms with E-state index in [1.807, 2.05) is 29.2 Å². The van der Waals surface area contributed by atoms with Gasteiger partial charge in [-0.15, -0.1) is 0 Å². The average molecular weight is 298 g/mol. The Hall–Kier alpha value is -0.870. The number of likely N-dealkylation sites (tertiary alicyclic amines) is 1. The van der Waals surface area contributed by atoms with E-state index in [1.54, 1.807) is 7.11 Å². The smallest absolute Gasteiger partial charge is 0.254 e. The van der Waals surface area contributed by atoms with Gasteiger partial charge in [0.1, 0.15) is 0 Å². The van der Waals surface area contributed by atoms with Crippen molar-refractivity contribution in [3.63, 3.8) is 0 Å². The third-order valence-electron chi connectivity index (χ3n) is 3.09. The van der Waals surface area contributed by atoms with Gasteiger partial charge < -0.3 is 9.64 Å². The Kier molecular flexibility index (Phi) is 4.18. The van der Waals surface area contributed by atoms with Crippen molar-refractivity contribution in [2.75, 3.05) is 20.3 Å². The van der Waals surface area contributed by atoms with E-state index in [9.17, 15) is 4.79 Å². The molecule has 0 saturated carbocycles. The molecule has 0 unspecified atom stereocenters. The highest BCUT2D eigenvalue weighted by Crippen LogP contribution is 2.21. The number of hydrogen-bond acceptors (Lipinski definition) is 2. The number of methoxy groups -OCH3 is 1. The minimum absolute atomic E-state index is 0.108. The van der Waals surface area contributed by atoms with Crippen LogP contribution in [0.15, 0.2) is 28.7 Å². The Morgan fingerprint density at radius 3 is 2.82 bits per heavy atom. The van der Waals surface area contributed by atoms with E-state index in [4.69, 9.17) is 4.74 Å². The van der Waals surface area contributed by atoms with Gasteiger partial charge in [-0.2, -0.15) is 0 Å². The lowest BCUT2D eigenvalue weighted by atomic mass is 10.2. The topological polar surface area (TPSA) is 29.5 Å². The fraction of sp³-hybridized carbons (Fsp3) is 0.462. The Labute approximate surface area is 110 Å². The summed E-state index contributed by atoms with van der Waals surface area (Å²) in [6.07, 6.45) is 2.10. The SMILES string of the molecule is COC[C@H]1CCCN1C(=O)c1ccc(Br)cc1. The minimum Gasteiger partial charge on any atom is -0.383 e. The van der Waals surface area contributed by atoms with Crippen LogP contribution in [0.2, 0.25) is 0 Å². The van der Waals surface area contributed by atoms with Crippen LogP contribution in [0.5, 0.6) is 0 Å². The van der Waals surface area contributed by atoms with Crippen LogP contribution in [0.4, 0.5) is 0 Å². The third kappa shape index (κ3) is 2.87. The summed E-state index contributed by atoms with van der Waals surface area (Å²) in [7, 11) is 1.68. The normalized spacial score (nSPS) is 19.6. The van der Waals surface area contributed by atoms with Gasteiger partial charge in [-0.05, 0) is 37.1 Å². The zero-order valence-electron chi connectivity index (χ0n) is 9.86. The van der Waals surface area contributed by atoms with Gasteiger partial charge in [-0.3, -0.25) is 4.79 Å². The fourth-order valence-electron chi connectivity index (χ4n) is 2.23. The molecule has 0 bridgehead atoms. The van der Waals surface area contributed by atoms with Gasteiger partial charge in [-0.1, -0.05) is 15.9 Å². The summed E-state index contributed by atoms with van der Waals surface area (Å²) in [4.78, 5) is 14.2. The number of benzene rings is 1. The number of amides is 1. The van der Waals surface area contributed by atoms with Gasteiger partial charge >= 0.3 is 0 Å². The predicted octanol–water partition coefficient (Wildman–Crippen LogP) is 2.70. The number of rotatable bonds is 3. The predicted molar refractivity (Wildman–Crippen MR) is 70.1 cm³/mol. The Bertz CT molecular complexity index is 391. The summed E-state index contributed by atoms with van der Waals surface area (Å²) < 4.78 is 6.15. The van der Waals surface area contributed by atoms with Crippen LogP contribution in [0, 0.1) is 0 Å². The summed E-state index contributed by atoms with van der Waals surface area (Å²) in [6.45, 7) is 1.46. The molecular formula is C13H16BrNO2. The molecule has 1 heterocycles. The third-order valence-corrected chi connectivity index (χ3v) is 3.62. The maximum absolute atomic E-state index is 12.3. The lowest BCUT2D eigenvalue weighted by molar-refractivity contribution is 0.0630. The Morgan fingerprint density at radius 2 is 2.18 bits per heavy atom. The monoisotopic (exact) mass is 297 g/mol. The molecule has 0 radical (unpaired) electrons. The molecule has 1 amide bonds. The first-order valence-electron chi connectivity index (χ1n) is 5.78. The molecule has 17 heavy (non-hydrogen) atoms. The standard InChI is InChI=1S/C13H16BrNO2/c1-17-9-12-3-2-8-15(12)13(16)10-4-6-11(14)7-5-10/h4-7,12H,2-3,8-9H2,1H3/t12-/m1/s1. The number of carbonyl (C=O) groups excluding carboxylic acids is 1. The highest BCUT2D eigenvalue weighted by Gasteiger charge is 2.29. The molecule has 92 valence electrons. The number of ether oxygens (including phenoxy) is 1. The van der Waals surface area contributed by atoms with Crippen molar-refractivity contribution in [1.29, 1.82) is 0 Å². The van der Waals surface area contributed by atoms with E-state index < -0.39 is 0 Å². The van der Waals surface area contributed by atoms with Gasteiger partial charge in [0.05, 0.1) is 12.6 Å². The summed E-state index contributed by atoms with van der Waals surface area (Å²) in [6, 6.07) is 7.74. The van der Waals surface area contributed by atoms with Crippen LogP contribution in [-0.2, 0) is 4.74 Å². The lowest BCUT2D eigenvalue weighted by Gasteiger charge is -2.24. The van der Waals surface area contributed by atoms with Crippen molar-refractivity contribution in [2.45, 2.75) is 18.9 Å². The molecule has 1 fully saturated rings. The number of nitrogens with zero attached hydrogens (tertiary/aromatic N) is 1. The summed E-state index contributed by atoms with van der Waals surface area (Å²) in [5, 5.41) is 0. The molecule has 1 aliphatic rings. The molecule has 4 heteroatoms. The van der Waals surface area contributed by atoms with E-state index in [2.05, 4.69) is 15.9 Å². The molecular weight excluding hydrogens is 282 g/mol. The second kappa shape index (κ2) is 5.65. The van der Waals surface area contributed by atoms with Crippen LogP contribution in [0.3, 0.4) is 0 Å². The first-order chi connectivity index (χ1) is 8.22. The number of carbonyl (C=O) groups is 1. The zero-order valence-corrected chi connectivity index (χ0v) is 11.4. The van der Waals surface area contributed by atoms with Crippen molar-refractivity contribution >= 4 is 21.8 Å². The maximum atomic E-state index is 12.3. The van der Waals surface area contributed by atoms with E-state index in [0.717, 1.165) is 29.4 Å². The van der Waals surface area contributed by atoms with E-state index in [-0.39, 0.29) is 11.9 Å². The molecule has 1 atom stereocenters. The molecule has 1 saturated heterocycles. The van der Waals surface area contributed by atoms with Gasteiger partial charge in [0.25, 0.3) is 5.91 Å². The summed E-state index contributed by atoms with van der Waals surface area (Å²) in [5.74, 6) is 0.108. The number of hydrogen-bond donors (Lipinski definition) is 0. The molecule has 0 aromatic heterocycles. The van der Waals surface area contributed by atoms with Gasteiger partial charge in [0.2, 0.25) is 0 Å². The highest BCUT2D eigenvalue weighted by molar-refractivity contribution is 9.10. The van der Waals surface area contributed by atoms with Crippen molar-refractivity contribution < 1.29 is 9.53 Å². The first-order valence-corrected chi connectivity index (χ1v) is 6.57. The molecule has 0 spiro atoms. The Balaban J connectivity index is 2.11. The second-order valence-electron chi connectivity index (χ2n) is 4.26. The van der Waals surface area contributed by atoms with Crippen molar-refractivity contribution in [2.24, 2.45) is 0 Å². The maximum Gasteiger partial charge on any atom is 0.254 e. The Morgan fingerprint density at radius 1 is 1.47 bits per heavy atom. The second-order valence-corrected chi connectivity index (χ2v) is 5.17. The molecule has 2 rings (SSSR count). The summed E-state index contributed by atoms with van der Waals surface area (Å²) >= 11 is 3.37. The van der Waals surface area contributed by atoms with E-state index in [0.29, 0.717) is 6.61 Å². The molecule has 1 aromatic carbocycles. The van der Waals surface area contributed by atoms with Gasteiger partial charge in [0, 0.05) is 23.7 Å². The average Bonchev–Trinajstić information content (AvgIpc) is 2.78. The first kappa shape index (κ1) is 12.6. The van der Waals surface area contributed by atoms with Gasteiger partial charge in [0.15, 0.2) is 0 Å². The largest absolute Gasteiger partial charge is 0.383 e.